The zero-order valence-corrected chi connectivity index (χ0v) is 8.89. The predicted octanol–water partition coefficient (Wildman–Crippen LogP) is 2.01. The molecule has 0 aromatic rings. The molecule has 2 nitrogen and oxygen atoms in total. The zero-order valence-electron chi connectivity index (χ0n) is 7.89. The normalized spacial score (nSPS) is 36.0. The summed E-state index contributed by atoms with van der Waals surface area (Å²) in [6.07, 6.45) is 0. The van der Waals surface area contributed by atoms with E-state index in [1.807, 2.05) is 0 Å². The zero-order chi connectivity index (χ0) is 8.48. The lowest BCUT2D eigenvalue weighted by molar-refractivity contribution is 0.247. The van der Waals surface area contributed by atoms with Crippen molar-refractivity contribution in [2.45, 2.75) is 25.9 Å². The second-order valence-electron chi connectivity index (χ2n) is 3.68. The summed E-state index contributed by atoms with van der Waals surface area (Å²) in [5.41, 5.74) is 0. The van der Waals surface area contributed by atoms with E-state index in [0.717, 1.165) is 11.8 Å². The molecule has 0 amide bonds. The van der Waals surface area contributed by atoms with Crippen LogP contribution in [-0.2, 0) is 8.85 Å². The fourth-order valence-electron chi connectivity index (χ4n) is 1.88. The SMILES string of the molecule is CO[Si]1(OC)CC(C)C(C)C1. The summed E-state index contributed by atoms with van der Waals surface area (Å²) in [7, 11) is 1.88. The lowest BCUT2D eigenvalue weighted by atomic mass is 10.0. The molecule has 0 bridgehead atoms. The molecule has 2 unspecified atom stereocenters. The van der Waals surface area contributed by atoms with Crippen molar-refractivity contribution in [2.75, 3.05) is 14.2 Å². The first-order valence-electron chi connectivity index (χ1n) is 4.24. The van der Waals surface area contributed by atoms with Crippen LogP contribution in [0.4, 0.5) is 0 Å². The van der Waals surface area contributed by atoms with Gasteiger partial charge in [-0.25, -0.2) is 0 Å². The van der Waals surface area contributed by atoms with Gasteiger partial charge in [-0.2, -0.15) is 0 Å². The van der Waals surface area contributed by atoms with Crippen LogP contribution in [0.1, 0.15) is 13.8 Å². The molecule has 0 spiro atoms. The standard InChI is InChI=1S/C8H18O2Si/c1-7-5-11(9-3,10-4)6-8(7)2/h7-8H,5-6H2,1-4H3. The Morgan fingerprint density at radius 1 is 1.00 bits per heavy atom. The minimum absolute atomic E-state index is 0.779. The van der Waals surface area contributed by atoms with E-state index in [2.05, 4.69) is 13.8 Å². The van der Waals surface area contributed by atoms with Gasteiger partial charge in [0.15, 0.2) is 0 Å². The molecule has 0 radical (unpaired) electrons. The highest BCUT2D eigenvalue weighted by molar-refractivity contribution is 6.68. The molecule has 11 heavy (non-hydrogen) atoms. The Labute approximate surface area is 70.1 Å². The summed E-state index contributed by atoms with van der Waals surface area (Å²) in [6, 6.07) is 2.34. The van der Waals surface area contributed by atoms with E-state index >= 15 is 0 Å². The Morgan fingerprint density at radius 2 is 1.36 bits per heavy atom. The van der Waals surface area contributed by atoms with E-state index in [4.69, 9.17) is 8.85 Å². The van der Waals surface area contributed by atoms with E-state index in [9.17, 15) is 0 Å². The van der Waals surface area contributed by atoms with Crippen molar-refractivity contribution in [1.29, 1.82) is 0 Å². The first kappa shape index (κ1) is 9.23. The van der Waals surface area contributed by atoms with Crippen LogP contribution in [0.5, 0.6) is 0 Å². The van der Waals surface area contributed by atoms with Crippen LogP contribution in [0.15, 0.2) is 0 Å². The van der Waals surface area contributed by atoms with Gasteiger partial charge in [-0.3, -0.25) is 0 Å². The number of rotatable bonds is 2. The Bertz CT molecular complexity index is 122. The van der Waals surface area contributed by atoms with E-state index in [1.165, 1.54) is 12.1 Å². The van der Waals surface area contributed by atoms with Crippen molar-refractivity contribution in [2.24, 2.45) is 11.8 Å². The average Bonchev–Trinajstić information content (AvgIpc) is 2.29. The lowest BCUT2D eigenvalue weighted by Crippen LogP contribution is -2.36. The van der Waals surface area contributed by atoms with Gasteiger partial charge in [0.1, 0.15) is 0 Å². The summed E-state index contributed by atoms with van der Waals surface area (Å²) < 4.78 is 11.0. The van der Waals surface area contributed by atoms with Gasteiger partial charge < -0.3 is 8.85 Å². The third-order valence-electron chi connectivity index (χ3n) is 2.98. The molecule has 0 aromatic carbocycles. The summed E-state index contributed by atoms with van der Waals surface area (Å²) in [5, 5.41) is 0. The maximum absolute atomic E-state index is 5.51. The summed E-state index contributed by atoms with van der Waals surface area (Å²) >= 11 is 0. The van der Waals surface area contributed by atoms with Crippen LogP contribution in [0.25, 0.3) is 0 Å². The van der Waals surface area contributed by atoms with Crippen molar-refractivity contribution >= 4 is 8.56 Å². The van der Waals surface area contributed by atoms with Gasteiger partial charge in [-0.15, -0.1) is 0 Å². The molecular weight excluding hydrogens is 156 g/mol. The van der Waals surface area contributed by atoms with Crippen molar-refractivity contribution in [1.82, 2.24) is 0 Å². The van der Waals surface area contributed by atoms with Gasteiger partial charge in [0.05, 0.1) is 0 Å². The van der Waals surface area contributed by atoms with Gasteiger partial charge in [-0.05, 0) is 23.9 Å². The fourth-order valence-corrected chi connectivity index (χ4v) is 5.65. The Hall–Kier alpha value is 0.137. The van der Waals surface area contributed by atoms with E-state index in [1.54, 1.807) is 14.2 Å². The molecule has 1 fully saturated rings. The topological polar surface area (TPSA) is 18.5 Å². The Balaban J connectivity index is 2.61. The van der Waals surface area contributed by atoms with Gasteiger partial charge in [0.2, 0.25) is 0 Å². The van der Waals surface area contributed by atoms with Gasteiger partial charge in [-0.1, -0.05) is 13.8 Å². The molecule has 2 atom stereocenters. The first-order valence-corrected chi connectivity index (χ1v) is 6.47. The smallest absolute Gasteiger partial charge is 0.338 e. The van der Waals surface area contributed by atoms with Crippen LogP contribution < -0.4 is 0 Å². The van der Waals surface area contributed by atoms with Crippen molar-refractivity contribution in [3.05, 3.63) is 0 Å². The molecule has 0 aromatic heterocycles. The minimum atomic E-state index is -1.71. The highest BCUT2D eigenvalue weighted by Crippen LogP contribution is 2.39. The first-order chi connectivity index (χ1) is 5.13. The summed E-state index contributed by atoms with van der Waals surface area (Å²) in [5.74, 6) is 1.56. The Morgan fingerprint density at radius 3 is 1.55 bits per heavy atom. The maximum Gasteiger partial charge on any atom is 0.338 e. The van der Waals surface area contributed by atoms with Crippen LogP contribution >= 0.6 is 0 Å². The number of hydrogen-bond donors (Lipinski definition) is 0. The fraction of sp³-hybridized carbons (Fsp3) is 1.00. The average molecular weight is 174 g/mol. The Kier molecular flexibility index (Phi) is 2.73. The third-order valence-corrected chi connectivity index (χ3v) is 7.00. The van der Waals surface area contributed by atoms with E-state index in [-0.39, 0.29) is 0 Å². The lowest BCUT2D eigenvalue weighted by Gasteiger charge is -2.21. The van der Waals surface area contributed by atoms with Gasteiger partial charge >= 0.3 is 8.56 Å². The van der Waals surface area contributed by atoms with Gasteiger partial charge in [0.25, 0.3) is 0 Å². The van der Waals surface area contributed by atoms with Crippen molar-refractivity contribution in [3.8, 4) is 0 Å². The second kappa shape index (κ2) is 3.25. The van der Waals surface area contributed by atoms with Crippen LogP contribution in [0, 0.1) is 11.8 Å². The molecule has 1 rings (SSSR count). The van der Waals surface area contributed by atoms with Gasteiger partial charge in [0, 0.05) is 14.2 Å². The van der Waals surface area contributed by atoms with E-state index in [0.29, 0.717) is 0 Å². The van der Waals surface area contributed by atoms with Crippen molar-refractivity contribution in [3.63, 3.8) is 0 Å². The predicted molar refractivity (Wildman–Crippen MR) is 47.7 cm³/mol. The molecule has 1 aliphatic rings. The molecule has 1 aliphatic heterocycles. The van der Waals surface area contributed by atoms with Crippen LogP contribution in [-0.4, -0.2) is 22.8 Å². The summed E-state index contributed by atoms with van der Waals surface area (Å²) in [6.45, 7) is 4.58. The highest BCUT2D eigenvalue weighted by atomic mass is 28.4. The quantitative estimate of drug-likeness (QED) is 0.596. The van der Waals surface area contributed by atoms with E-state index < -0.39 is 8.56 Å². The maximum atomic E-state index is 5.51. The largest absolute Gasteiger partial charge is 0.398 e. The molecule has 1 heterocycles. The molecule has 1 saturated heterocycles. The van der Waals surface area contributed by atoms with Crippen molar-refractivity contribution < 1.29 is 8.85 Å². The van der Waals surface area contributed by atoms with Crippen LogP contribution in [0.2, 0.25) is 12.1 Å². The highest BCUT2D eigenvalue weighted by Gasteiger charge is 2.46. The minimum Gasteiger partial charge on any atom is -0.398 e. The molecule has 0 aliphatic carbocycles. The van der Waals surface area contributed by atoms with Crippen LogP contribution in [0.3, 0.4) is 0 Å². The number of hydrogen-bond acceptors (Lipinski definition) is 2. The molecule has 3 heteroatoms. The molecular formula is C8H18O2Si. The molecule has 0 N–H and O–H groups in total. The molecule has 0 saturated carbocycles. The summed E-state index contributed by atoms with van der Waals surface area (Å²) in [4.78, 5) is 0. The third kappa shape index (κ3) is 1.66. The monoisotopic (exact) mass is 174 g/mol. The second-order valence-corrected chi connectivity index (χ2v) is 7.14. The molecule has 66 valence electrons.